The van der Waals surface area contributed by atoms with Crippen LogP contribution in [0.15, 0.2) is 24.3 Å². The van der Waals surface area contributed by atoms with Crippen LogP contribution in [0.1, 0.15) is 6.42 Å². The van der Waals surface area contributed by atoms with Crippen LogP contribution in [0, 0.1) is 0 Å². The first kappa shape index (κ1) is 5.21. The molecule has 2 atom stereocenters. The quantitative estimate of drug-likeness (QED) is 0.357. The summed E-state index contributed by atoms with van der Waals surface area (Å²) in [5.74, 6) is 0. The molecule has 2 nitrogen and oxygen atoms in total. The van der Waals surface area contributed by atoms with Gasteiger partial charge in [0.2, 0.25) is 0 Å². The molecule has 1 aliphatic carbocycles. The van der Waals surface area contributed by atoms with Crippen molar-refractivity contribution in [3.8, 4) is 0 Å². The smallest absolute Gasteiger partial charge is 0.129 e. The van der Waals surface area contributed by atoms with Gasteiger partial charge in [-0.15, -0.1) is 0 Å². The third-order valence-electron chi connectivity index (χ3n) is 1.50. The van der Waals surface area contributed by atoms with Gasteiger partial charge in [-0.2, -0.15) is 0 Å². The largest absolute Gasteiger partial charge is 0.228 e. The monoisotopic (exact) mass is 124 g/mol. The Kier molecular flexibility index (Phi) is 1.14. The molecule has 2 bridgehead atoms. The van der Waals surface area contributed by atoms with Gasteiger partial charge >= 0.3 is 0 Å². The van der Waals surface area contributed by atoms with Gasteiger partial charge in [-0.3, -0.25) is 0 Å². The molecule has 2 aliphatic heterocycles. The van der Waals surface area contributed by atoms with E-state index in [9.17, 15) is 0 Å². The number of hydrogen-bond donors (Lipinski definition) is 0. The first-order chi connectivity index (χ1) is 4.45. The van der Waals surface area contributed by atoms with E-state index in [-0.39, 0.29) is 12.2 Å². The molecule has 0 aromatic rings. The van der Waals surface area contributed by atoms with Gasteiger partial charge < -0.3 is 0 Å². The summed E-state index contributed by atoms with van der Waals surface area (Å²) >= 11 is 0. The van der Waals surface area contributed by atoms with Crippen LogP contribution in [0.3, 0.4) is 0 Å². The van der Waals surface area contributed by atoms with E-state index in [2.05, 4.69) is 6.08 Å². The summed E-state index contributed by atoms with van der Waals surface area (Å²) in [7, 11) is 0. The highest BCUT2D eigenvalue weighted by Gasteiger charge is 2.17. The van der Waals surface area contributed by atoms with E-state index in [1.807, 2.05) is 18.2 Å². The van der Waals surface area contributed by atoms with Crippen molar-refractivity contribution >= 4 is 0 Å². The van der Waals surface area contributed by atoms with Crippen LogP contribution >= 0.6 is 0 Å². The van der Waals surface area contributed by atoms with Gasteiger partial charge in [0.1, 0.15) is 12.2 Å². The molecule has 48 valence electrons. The lowest BCUT2D eigenvalue weighted by Crippen LogP contribution is -2.17. The highest BCUT2D eigenvalue weighted by molar-refractivity contribution is 5.11. The zero-order valence-corrected chi connectivity index (χ0v) is 4.99. The highest BCUT2D eigenvalue weighted by Crippen LogP contribution is 2.17. The van der Waals surface area contributed by atoms with E-state index in [1.54, 1.807) is 0 Å². The zero-order valence-electron chi connectivity index (χ0n) is 4.99. The Morgan fingerprint density at radius 2 is 2.11 bits per heavy atom. The lowest BCUT2D eigenvalue weighted by Gasteiger charge is -2.15. The predicted molar refractivity (Wildman–Crippen MR) is 32.6 cm³/mol. The van der Waals surface area contributed by atoms with Crippen LogP contribution in [0.2, 0.25) is 0 Å². The van der Waals surface area contributed by atoms with Crippen LogP contribution < -0.4 is 0 Å². The van der Waals surface area contributed by atoms with Crippen molar-refractivity contribution in [1.29, 1.82) is 0 Å². The van der Waals surface area contributed by atoms with Crippen LogP contribution in [-0.2, 0) is 9.78 Å². The van der Waals surface area contributed by atoms with Gasteiger partial charge in [0.05, 0.1) is 0 Å². The maximum Gasteiger partial charge on any atom is 0.129 e. The summed E-state index contributed by atoms with van der Waals surface area (Å²) in [6.45, 7) is 0. The number of rotatable bonds is 0. The van der Waals surface area contributed by atoms with Gasteiger partial charge in [-0.1, -0.05) is 24.3 Å². The summed E-state index contributed by atoms with van der Waals surface area (Å²) < 4.78 is 0. The highest BCUT2D eigenvalue weighted by atomic mass is 17.2. The predicted octanol–water partition coefficient (Wildman–Crippen LogP) is 1.20. The Morgan fingerprint density at radius 1 is 1.11 bits per heavy atom. The number of fused-ring (bicyclic) bond motifs is 2. The molecule has 0 N–H and O–H groups in total. The minimum absolute atomic E-state index is 0.0590. The number of hydrogen-bond acceptors (Lipinski definition) is 2. The Labute approximate surface area is 53.7 Å². The molecule has 0 amide bonds. The van der Waals surface area contributed by atoms with Crippen molar-refractivity contribution < 1.29 is 9.78 Å². The Bertz CT molecular complexity index is 160. The fourth-order valence-corrected chi connectivity index (χ4v) is 0.994. The van der Waals surface area contributed by atoms with Crippen molar-refractivity contribution in [2.45, 2.75) is 18.6 Å². The molecule has 0 spiro atoms. The van der Waals surface area contributed by atoms with Crippen LogP contribution in [-0.4, -0.2) is 12.2 Å². The zero-order chi connectivity index (χ0) is 6.10. The molecule has 2 heterocycles. The van der Waals surface area contributed by atoms with E-state index in [4.69, 9.17) is 9.78 Å². The molecule has 0 saturated carbocycles. The van der Waals surface area contributed by atoms with Crippen LogP contribution in [0.25, 0.3) is 0 Å². The fraction of sp³-hybridized carbons (Fsp3) is 0.429. The average molecular weight is 124 g/mol. The van der Waals surface area contributed by atoms with E-state index in [0.717, 1.165) is 6.42 Å². The lowest BCUT2D eigenvalue weighted by atomic mass is 10.2. The van der Waals surface area contributed by atoms with Crippen LogP contribution in [0.5, 0.6) is 0 Å². The summed E-state index contributed by atoms with van der Waals surface area (Å²) in [4.78, 5) is 9.88. The van der Waals surface area contributed by atoms with E-state index in [1.165, 1.54) is 0 Å². The molecular weight excluding hydrogens is 116 g/mol. The van der Waals surface area contributed by atoms with Crippen molar-refractivity contribution in [2.75, 3.05) is 0 Å². The molecule has 9 heavy (non-hydrogen) atoms. The second-order valence-corrected chi connectivity index (χ2v) is 2.24. The first-order valence-corrected chi connectivity index (χ1v) is 3.12. The van der Waals surface area contributed by atoms with Crippen LogP contribution in [0.4, 0.5) is 0 Å². The molecule has 0 radical (unpaired) electrons. The minimum atomic E-state index is 0.0590. The normalized spacial score (nSPS) is 39.1. The molecule has 2 unspecified atom stereocenters. The second-order valence-electron chi connectivity index (χ2n) is 2.24. The van der Waals surface area contributed by atoms with Gasteiger partial charge in [0.25, 0.3) is 0 Å². The van der Waals surface area contributed by atoms with Gasteiger partial charge in [0, 0.05) is 0 Å². The third-order valence-corrected chi connectivity index (χ3v) is 1.50. The van der Waals surface area contributed by atoms with Crippen molar-refractivity contribution in [3.63, 3.8) is 0 Å². The SMILES string of the molecule is C1=CC2C=CC(C1)OO2. The van der Waals surface area contributed by atoms with Crippen molar-refractivity contribution in [1.82, 2.24) is 0 Å². The Hall–Kier alpha value is -0.600. The minimum Gasteiger partial charge on any atom is -0.228 e. The maximum atomic E-state index is 4.95. The Morgan fingerprint density at radius 3 is 2.89 bits per heavy atom. The van der Waals surface area contributed by atoms with Crippen molar-refractivity contribution in [3.05, 3.63) is 24.3 Å². The van der Waals surface area contributed by atoms with Gasteiger partial charge in [-0.05, 0) is 6.42 Å². The summed E-state index contributed by atoms with van der Waals surface area (Å²) in [5, 5.41) is 0. The average Bonchev–Trinajstić information content (AvgIpc) is 2.21. The van der Waals surface area contributed by atoms with E-state index in [0.29, 0.717) is 0 Å². The second kappa shape index (κ2) is 1.97. The fourth-order valence-electron chi connectivity index (χ4n) is 0.994. The Balaban J connectivity index is 2.26. The topological polar surface area (TPSA) is 18.5 Å². The summed E-state index contributed by atoms with van der Waals surface area (Å²) in [6.07, 6.45) is 9.29. The van der Waals surface area contributed by atoms with Crippen molar-refractivity contribution in [2.24, 2.45) is 0 Å². The third kappa shape index (κ3) is 0.910. The first-order valence-electron chi connectivity index (χ1n) is 3.12. The van der Waals surface area contributed by atoms with Gasteiger partial charge in [-0.25, -0.2) is 9.78 Å². The summed E-state index contributed by atoms with van der Waals surface area (Å²) in [6, 6.07) is 0. The molecule has 3 aliphatic rings. The van der Waals surface area contributed by atoms with Gasteiger partial charge in [0.15, 0.2) is 0 Å². The van der Waals surface area contributed by atoms with E-state index < -0.39 is 0 Å². The standard InChI is InChI=1S/C7H8O2/c1-2-6-4-5-7(3-1)9-8-6/h1-2,4-7H,3H2. The summed E-state index contributed by atoms with van der Waals surface area (Å²) in [5.41, 5.74) is 0. The lowest BCUT2D eigenvalue weighted by molar-refractivity contribution is -0.326. The molecule has 3 rings (SSSR count). The molecule has 2 heteroatoms. The molecule has 0 aromatic heterocycles. The molecular formula is C7H8O2. The molecule has 0 aromatic carbocycles. The maximum absolute atomic E-state index is 4.95. The van der Waals surface area contributed by atoms with E-state index >= 15 is 0 Å². The molecule has 0 fully saturated rings. The molecule has 0 saturated heterocycles.